The van der Waals surface area contributed by atoms with Crippen LogP contribution in [0.25, 0.3) is 0 Å². The van der Waals surface area contributed by atoms with E-state index in [0.717, 1.165) is 0 Å². The van der Waals surface area contributed by atoms with Crippen molar-refractivity contribution in [1.29, 1.82) is 0 Å². The van der Waals surface area contributed by atoms with Gasteiger partial charge in [-0.1, -0.05) is 18.2 Å². The van der Waals surface area contributed by atoms with Crippen molar-refractivity contribution in [2.75, 3.05) is 6.26 Å². The van der Waals surface area contributed by atoms with E-state index in [-0.39, 0.29) is 12.8 Å². The van der Waals surface area contributed by atoms with Gasteiger partial charge in [0.2, 0.25) is 0 Å². The summed E-state index contributed by atoms with van der Waals surface area (Å²) in [6.07, 6.45) is 1.69. The molecule has 0 aliphatic carbocycles. The minimum absolute atomic E-state index is 0.0722. The molecule has 25 heavy (non-hydrogen) atoms. The van der Waals surface area contributed by atoms with Crippen molar-refractivity contribution in [3.8, 4) is 0 Å². The van der Waals surface area contributed by atoms with Crippen LogP contribution in [0, 0.1) is 11.7 Å². The van der Waals surface area contributed by atoms with Gasteiger partial charge in [-0.15, -0.1) is 4.72 Å². The van der Waals surface area contributed by atoms with E-state index < -0.39 is 46.4 Å². The van der Waals surface area contributed by atoms with E-state index in [0.29, 0.717) is 5.56 Å². The van der Waals surface area contributed by atoms with Gasteiger partial charge in [-0.3, -0.25) is 9.59 Å². The van der Waals surface area contributed by atoms with E-state index in [1.807, 2.05) is 0 Å². The number of hydrogen-bond donors (Lipinski definition) is 1. The molecule has 0 bridgehead atoms. The lowest BCUT2D eigenvalue weighted by Crippen LogP contribution is -2.48. The van der Waals surface area contributed by atoms with Crippen LogP contribution in [0.5, 0.6) is 0 Å². The van der Waals surface area contributed by atoms with Gasteiger partial charge in [0.1, 0.15) is 12.1 Å². The maximum atomic E-state index is 14.2. The number of cyclic esters (lactones) is 2. The molecule has 1 aliphatic heterocycles. The number of benzene rings is 1. The molecular formula is C17H22FNO5S. The van der Waals surface area contributed by atoms with Crippen molar-refractivity contribution in [2.24, 2.45) is 5.92 Å². The van der Waals surface area contributed by atoms with Gasteiger partial charge < -0.3 is 14.0 Å². The molecule has 1 heterocycles. The quantitative estimate of drug-likeness (QED) is 0.468. The number of esters is 2. The first-order valence-corrected chi connectivity index (χ1v) is 9.42. The number of nitrogens with one attached hydrogen (secondary N) is 1. The zero-order chi connectivity index (χ0) is 18.8. The SMILES string of the molecule is C[S@@+]([O-])N[C@@](C)(CCC1C(=O)OC(C)(C)OC1=O)c1ccccc1F. The lowest BCUT2D eigenvalue weighted by atomic mass is 9.85. The van der Waals surface area contributed by atoms with Gasteiger partial charge in [-0.2, -0.15) is 0 Å². The average molecular weight is 371 g/mol. The number of ether oxygens (including phenoxy) is 2. The summed E-state index contributed by atoms with van der Waals surface area (Å²) in [6.45, 7) is 4.63. The molecule has 1 fully saturated rings. The van der Waals surface area contributed by atoms with Crippen LogP contribution in [-0.4, -0.2) is 28.5 Å². The summed E-state index contributed by atoms with van der Waals surface area (Å²) in [5, 5.41) is 0. The highest BCUT2D eigenvalue weighted by molar-refractivity contribution is 7.88. The van der Waals surface area contributed by atoms with E-state index in [4.69, 9.17) is 9.47 Å². The maximum Gasteiger partial charge on any atom is 0.323 e. The minimum atomic E-state index is -1.43. The molecule has 0 radical (unpaired) electrons. The van der Waals surface area contributed by atoms with Gasteiger partial charge >= 0.3 is 11.9 Å². The smallest absolute Gasteiger partial charge is 0.323 e. The Balaban J connectivity index is 2.20. The molecule has 138 valence electrons. The Bertz CT molecular complexity index is 646. The minimum Gasteiger partial charge on any atom is -0.598 e. The second-order valence-corrected chi connectivity index (χ2v) is 7.81. The first kappa shape index (κ1) is 19.7. The van der Waals surface area contributed by atoms with Crippen LogP contribution in [-0.2, 0) is 36.0 Å². The number of rotatable bonds is 6. The Hall–Kier alpha value is -1.64. The van der Waals surface area contributed by atoms with E-state index >= 15 is 0 Å². The second kappa shape index (κ2) is 7.31. The largest absolute Gasteiger partial charge is 0.598 e. The van der Waals surface area contributed by atoms with E-state index in [2.05, 4.69) is 4.72 Å². The zero-order valence-corrected chi connectivity index (χ0v) is 15.4. The predicted octanol–water partition coefficient (Wildman–Crippen LogP) is 2.16. The standard InChI is InChI=1S/C17H22FNO5S/c1-16(2)23-14(20)11(15(21)24-16)9-10-17(3,19-25(4)22)12-7-5-6-8-13(12)18/h5-8,11,19H,9-10H2,1-4H3/t17-,25+/m0/s1. The summed E-state index contributed by atoms with van der Waals surface area (Å²) in [5.74, 6) is -4.18. The third kappa shape index (κ3) is 4.71. The molecule has 0 amide bonds. The third-order valence-corrected chi connectivity index (χ3v) is 4.77. The van der Waals surface area contributed by atoms with Gasteiger partial charge in [0, 0.05) is 30.8 Å². The number of carbonyl (C=O) groups is 2. The number of halogens is 1. The molecule has 2 rings (SSSR count). The van der Waals surface area contributed by atoms with Gasteiger partial charge in [-0.05, 0) is 25.8 Å². The Morgan fingerprint density at radius 2 is 1.84 bits per heavy atom. The molecule has 1 saturated heterocycles. The van der Waals surface area contributed by atoms with Crippen LogP contribution in [0.15, 0.2) is 24.3 Å². The van der Waals surface area contributed by atoms with Crippen molar-refractivity contribution >= 4 is 23.3 Å². The fourth-order valence-corrected chi connectivity index (χ4v) is 3.73. The van der Waals surface area contributed by atoms with Crippen LogP contribution in [0.3, 0.4) is 0 Å². The lowest BCUT2D eigenvalue weighted by Gasteiger charge is -2.35. The first-order valence-electron chi connectivity index (χ1n) is 7.86. The van der Waals surface area contributed by atoms with Gasteiger partial charge in [0.05, 0.1) is 5.54 Å². The fourth-order valence-electron chi connectivity index (χ4n) is 2.88. The average Bonchev–Trinajstić information content (AvgIpc) is 2.44. The van der Waals surface area contributed by atoms with Crippen LogP contribution in [0.4, 0.5) is 4.39 Å². The maximum absolute atomic E-state index is 14.2. The molecule has 1 aromatic rings. The van der Waals surface area contributed by atoms with Gasteiger partial charge in [-0.25, -0.2) is 4.39 Å². The fraction of sp³-hybridized carbons (Fsp3) is 0.529. The molecule has 2 atom stereocenters. The lowest BCUT2D eigenvalue weighted by molar-refractivity contribution is -0.240. The topological polar surface area (TPSA) is 87.7 Å². The molecular weight excluding hydrogens is 349 g/mol. The van der Waals surface area contributed by atoms with Gasteiger partial charge in [0.25, 0.3) is 5.79 Å². The molecule has 0 unspecified atom stereocenters. The molecule has 0 saturated carbocycles. The summed E-state index contributed by atoms with van der Waals surface area (Å²) in [4.78, 5) is 24.2. The second-order valence-electron chi connectivity index (χ2n) is 6.70. The van der Waals surface area contributed by atoms with Crippen LogP contribution in [0.2, 0.25) is 0 Å². The van der Waals surface area contributed by atoms with E-state index in [9.17, 15) is 18.5 Å². The Morgan fingerprint density at radius 3 is 2.36 bits per heavy atom. The summed E-state index contributed by atoms with van der Waals surface area (Å²) >= 11 is -1.43. The summed E-state index contributed by atoms with van der Waals surface area (Å²) in [5.41, 5.74) is -0.721. The van der Waals surface area contributed by atoms with Crippen LogP contribution >= 0.6 is 0 Å². The Kier molecular flexibility index (Phi) is 5.75. The highest BCUT2D eigenvalue weighted by Crippen LogP contribution is 2.33. The zero-order valence-electron chi connectivity index (χ0n) is 14.6. The highest BCUT2D eigenvalue weighted by Gasteiger charge is 2.44. The van der Waals surface area contributed by atoms with Crippen molar-refractivity contribution in [1.82, 2.24) is 4.72 Å². The first-order chi connectivity index (χ1) is 11.5. The number of carbonyl (C=O) groups excluding carboxylic acids is 2. The molecule has 8 heteroatoms. The van der Waals surface area contributed by atoms with E-state index in [1.165, 1.54) is 26.2 Å². The molecule has 0 aromatic heterocycles. The molecule has 1 N–H and O–H groups in total. The van der Waals surface area contributed by atoms with Crippen LogP contribution in [0.1, 0.15) is 39.2 Å². The van der Waals surface area contributed by atoms with Gasteiger partial charge in [0.15, 0.2) is 5.92 Å². The molecule has 0 spiro atoms. The monoisotopic (exact) mass is 371 g/mol. The molecule has 6 nitrogen and oxygen atoms in total. The van der Waals surface area contributed by atoms with Crippen molar-refractivity contribution in [2.45, 2.75) is 44.9 Å². The molecule has 1 aromatic carbocycles. The Labute approximate surface area is 149 Å². The summed E-state index contributed by atoms with van der Waals surface area (Å²) < 4.78 is 39.0. The Morgan fingerprint density at radius 1 is 1.28 bits per heavy atom. The molecule has 1 aliphatic rings. The van der Waals surface area contributed by atoms with Crippen molar-refractivity contribution in [3.05, 3.63) is 35.6 Å². The predicted molar refractivity (Wildman–Crippen MR) is 89.9 cm³/mol. The third-order valence-electron chi connectivity index (χ3n) is 4.03. The van der Waals surface area contributed by atoms with E-state index in [1.54, 1.807) is 25.1 Å². The highest BCUT2D eigenvalue weighted by atomic mass is 32.2. The summed E-state index contributed by atoms with van der Waals surface area (Å²) in [6, 6.07) is 6.11. The normalized spacial score (nSPS) is 21.2. The van der Waals surface area contributed by atoms with Crippen molar-refractivity contribution in [3.63, 3.8) is 0 Å². The summed E-state index contributed by atoms with van der Waals surface area (Å²) in [7, 11) is 0. The van der Waals surface area contributed by atoms with Crippen molar-refractivity contribution < 1.29 is 28.0 Å². The van der Waals surface area contributed by atoms with Crippen LogP contribution < -0.4 is 4.72 Å². The number of hydrogen-bond acceptors (Lipinski definition) is 6.